The number of nitrogens with zero attached hydrogens (tertiary/aromatic N) is 2. The Balaban J connectivity index is 1.49. The van der Waals surface area contributed by atoms with Crippen molar-refractivity contribution in [3.8, 4) is 0 Å². The van der Waals surface area contributed by atoms with E-state index >= 15 is 0 Å². The van der Waals surface area contributed by atoms with Crippen molar-refractivity contribution in [2.24, 2.45) is 5.92 Å². The number of aromatic amines is 1. The summed E-state index contributed by atoms with van der Waals surface area (Å²) in [5.41, 5.74) is 1.61. The number of aromatic nitrogens is 2. The number of H-pyrrole nitrogens is 1. The lowest BCUT2D eigenvalue weighted by Crippen LogP contribution is -2.47. The van der Waals surface area contributed by atoms with E-state index in [-0.39, 0.29) is 5.91 Å². The fourth-order valence-electron chi connectivity index (χ4n) is 3.51. The minimum absolute atomic E-state index is 0.0222. The van der Waals surface area contributed by atoms with Crippen LogP contribution in [0, 0.1) is 5.92 Å². The number of piperidine rings is 1. The number of amides is 1. The highest BCUT2D eigenvalue weighted by Gasteiger charge is 2.32. The summed E-state index contributed by atoms with van der Waals surface area (Å²) in [5, 5.41) is 11.1. The Kier molecular flexibility index (Phi) is 2.73. The first-order valence-electron chi connectivity index (χ1n) is 7.24. The molecule has 5 nitrogen and oxygen atoms in total. The second-order valence-electron chi connectivity index (χ2n) is 5.99. The van der Waals surface area contributed by atoms with E-state index in [4.69, 9.17) is 0 Å². The van der Waals surface area contributed by atoms with Gasteiger partial charge in [-0.3, -0.25) is 9.89 Å². The third kappa shape index (κ3) is 2.08. The molecule has 0 radical (unpaired) electrons. The second-order valence-corrected chi connectivity index (χ2v) is 5.99. The van der Waals surface area contributed by atoms with Crippen molar-refractivity contribution in [3.05, 3.63) is 30.0 Å². The van der Waals surface area contributed by atoms with Crippen LogP contribution in [-0.4, -0.2) is 46.7 Å². The van der Waals surface area contributed by atoms with Crippen LogP contribution in [0.5, 0.6) is 0 Å². The lowest BCUT2D eigenvalue weighted by Gasteiger charge is -2.30. The Bertz CT molecular complexity index is 638. The SMILES string of the molecule is O=C(N[C@@H]1C[C@H]2CCN(C2)C1)c1ccc2cn[nH]c2c1. The van der Waals surface area contributed by atoms with E-state index in [2.05, 4.69) is 20.4 Å². The van der Waals surface area contributed by atoms with E-state index < -0.39 is 0 Å². The summed E-state index contributed by atoms with van der Waals surface area (Å²) in [7, 11) is 0. The van der Waals surface area contributed by atoms with E-state index in [1.54, 1.807) is 6.20 Å². The normalized spacial score (nSPS) is 28.7. The van der Waals surface area contributed by atoms with Crippen molar-refractivity contribution in [1.82, 2.24) is 20.4 Å². The zero-order valence-corrected chi connectivity index (χ0v) is 11.3. The van der Waals surface area contributed by atoms with E-state index in [9.17, 15) is 4.79 Å². The lowest BCUT2D eigenvalue weighted by molar-refractivity contribution is 0.0909. The fraction of sp³-hybridized carbons (Fsp3) is 0.467. The Hall–Kier alpha value is -1.88. The van der Waals surface area contributed by atoms with Crippen LogP contribution in [0.1, 0.15) is 23.2 Å². The molecule has 2 aliphatic heterocycles. The van der Waals surface area contributed by atoms with Crippen LogP contribution < -0.4 is 5.32 Å². The van der Waals surface area contributed by atoms with Gasteiger partial charge in [-0.2, -0.15) is 5.10 Å². The molecule has 1 amide bonds. The maximum atomic E-state index is 12.3. The topological polar surface area (TPSA) is 61.0 Å². The Morgan fingerprint density at radius 2 is 2.35 bits per heavy atom. The minimum Gasteiger partial charge on any atom is -0.348 e. The first-order chi connectivity index (χ1) is 9.78. The van der Waals surface area contributed by atoms with Crippen LogP contribution in [-0.2, 0) is 0 Å². The molecule has 1 aromatic heterocycles. The standard InChI is InChI=1S/C15H18N4O/c20-15(11-1-2-12-7-16-18-14(12)6-11)17-13-5-10-3-4-19(8-10)9-13/h1-2,6-7,10,13H,3-5,8-9H2,(H,16,18)(H,17,20)/t10-,13-/m1/s1. The molecule has 2 fully saturated rings. The highest BCUT2D eigenvalue weighted by Crippen LogP contribution is 2.26. The molecule has 2 N–H and O–H groups in total. The van der Waals surface area contributed by atoms with Gasteiger partial charge in [0.1, 0.15) is 0 Å². The predicted octanol–water partition coefficient (Wildman–Crippen LogP) is 1.39. The molecule has 4 rings (SSSR count). The average Bonchev–Trinajstić information content (AvgIpc) is 3.04. The van der Waals surface area contributed by atoms with E-state index in [1.807, 2.05) is 18.2 Å². The summed E-state index contributed by atoms with van der Waals surface area (Å²) in [4.78, 5) is 14.8. The van der Waals surface area contributed by atoms with Gasteiger partial charge in [0.15, 0.2) is 0 Å². The van der Waals surface area contributed by atoms with Gasteiger partial charge in [0.05, 0.1) is 11.7 Å². The maximum absolute atomic E-state index is 12.3. The van der Waals surface area contributed by atoms with Crippen molar-refractivity contribution >= 4 is 16.8 Å². The van der Waals surface area contributed by atoms with Gasteiger partial charge in [-0.1, -0.05) is 6.07 Å². The molecule has 1 aromatic carbocycles. The number of hydrogen-bond donors (Lipinski definition) is 2. The van der Waals surface area contributed by atoms with Gasteiger partial charge in [0.25, 0.3) is 5.91 Å². The third-order valence-corrected chi connectivity index (χ3v) is 4.51. The van der Waals surface area contributed by atoms with Crippen LogP contribution in [0.15, 0.2) is 24.4 Å². The van der Waals surface area contributed by atoms with Crippen LogP contribution >= 0.6 is 0 Å². The molecule has 3 heterocycles. The summed E-state index contributed by atoms with van der Waals surface area (Å²) in [6.45, 7) is 3.40. The molecule has 2 saturated heterocycles. The second kappa shape index (κ2) is 4.59. The molecule has 3 atom stereocenters. The van der Waals surface area contributed by atoms with Crippen molar-refractivity contribution in [1.29, 1.82) is 0 Å². The predicted molar refractivity (Wildman–Crippen MR) is 76.5 cm³/mol. The lowest BCUT2D eigenvalue weighted by atomic mass is 9.96. The molecule has 0 saturated carbocycles. The van der Waals surface area contributed by atoms with E-state index in [0.29, 0.717) is 11.6 Å². The summed E-state index contributed by atoms with van der Waals surface area (Å²) < 4.78 is 0. The molecule has 0 spiro atoms. The van der Waals surface area contributed by atoms with Crippen molar-refractivity contribution in [2.45, 2.75) is 18.9 Å². The quantitative estimate of drug-likeness (QED) is 0.867. The zero-order chi connectivity index (χ0) is 13.5. The molecule has 5 heteroatoms. The Morgan fingerprint density at radius 3 is 3.25 bits per heavy atom. The fourth-order valence-corrected chi connectivity index (χ4v) is 3.51. The maximum Gasteiger partial charge on any atom is 0.251 e. The monoisotopic (exact) mass is 270 g/mol. The summed E-state index contributed by atoms with van der Waals surface area (Å²) in [6, 6.07) is 5.96. The van der Waals surface area contributed by atoms with Gasteiger partial charge in [0, 0.05) is 30.1 Å². The van der Waals surface area contributed by atoms with Crippen molar-refractivity contribution < 1.29 is 4.79 Å². The number of benzene rings is 1. The van der Waals surface area contributed by atoms with Gasteiger partial charge in [-0.15, -0.1) is 0 Å². The van der Waals surface area contributed by atoms with Crippen molar-refractivity contribution in [3.63, 3.8) is 0 Å². The summed E-state index contributed by atoms with van der Waals surface area (Å²) in [6.07, 6.45) is 4.17. The Morgan fingerprint density at radius 1 is 1.40 bits per heavy atom. The largest absolute Gasteiger partial charge is 0.348 e. The number of fused-ring (bicyclic) bond motifs is 3. The number of carbonyl (C=O) groups is 1. The Labute approximate surface area is 117 Å². The van der Waals surface area contributed by atoms with Crippen molar-refractivity contribution in [2.75, 3.05) is 19.6 Å². The van der Waals surface area contributed by atoms with Crippen LogP contribution in [0.25, 0.3) is 10.9 Å². The first-order valence-corrected chi connectivity index (χ1v) is 7.24. The number of nitrogens with one attached hydrogen (secondary N) is 2. The molecule has 0 aliphatic carbocycles. The number of hydrogen-bond acceptors (Lipinski definition) is 3. The van der Waals surface area contributed by atoms with Gasteiger partial charge >= 0.3 is 0 Å². The molecule has 20 heavy (non-hydrogen) atoms. The highest BCUT2D eigenvalue weighted by molar-refractivity contribution is 5.97. The van der Waals surface area contributed by atoms with Crippen LogP contribution in [0.4, 0.5) is 0 Å². The molecule has 2 aromatic rings. The van der Waals surface area contributed by atoms with Gasteiger partial charge in [-0.05, 0) is 37.4 Å². The molecule has 1 unspecified atom stereocenters. The molecule has 2 aliphatic rings. The average molecular weight is 270 g/mol. The molecule has 2 bridgehead atoms. The van der Waals surface area contributed by atoms with E-state index in [0.717, 1.165) is 29.8 Å². The van der Waals surface area contributed by atoms with Gasteiger partial charge in [-0.25, -0.2) is 0 Å². The molecule has 104 valence electrons. The van der Waals surface area contributed by atoms with Gasteiger partial charge < -0.3 is 10.2 Å². The summed E-state index contributed by atoms with van der Waals surface area (Å²) >= 11 is 0. The molecular weight excluding hydrogens is 252 g/mol. The number of rotatable bonds is 2. The smallest absolute Gasteiger partial charge is 0.251 e. The third-order valence-electron chi connectivity index (χ3n) is 4.51. The minimum atomic E-state index is 0.0222. The molecular formula is C15H18N4O. The zero-order valence-electron chi connectivity index (χ0n) is 11.3. The highest BCUT2D eigenvalue weighted by atomic mass is 16.1. The van der Waals surface area contributed by atoms with Crippen LogP contribution in [0.3, 0.4) is 0 Å². The first kappa shape index (κ1) is 11.9. The van der Waals surface area contributed by atoms with Crippen LogP contribution in [0.2, 0.25) is 0 Å². The summed E-state index contributed by atoms with van der Waals surface area (Å²) in [5.74, 6) is 0.790. The van der Waals surface area contributed by atoms with E-state index in [1.165, 1.54) is 19.5 Å². The number of carbonyl (C=O) groups excluding carboxylic acids is 1. The van der Waals surface area contributed by atoms with Gasteiger partial charge in [0.2, 0.25) is 0 Å².